The molecular weight excluding hydrogens is 504 g/mol. The summed E-state index contributed by atoms with van der Waals surface area (Å²) in [6.07, 6.45) is 5.78. The number of piperazine rings is 1. The Morgan fingerprint density at radius 2 is 1.87 bits per heavy atom. The molecule has 0 unspecified atom stereocenters. The number of carbonyl (C=O) groups excluding carboxylic acids is 1. The van der Waals surface area contributed by atoms with Crippen LogP contribution in [0.4, 0.5) is 20.3 Å². The number of halogens is 2. The van der Waals surface area contributed by atoms with Crippen LogP contribution < -0.4 is 16.3 Å². The average molecular weight is 532 g/mol. The fraction of sp³-hybridized carbons (Fsp3) is 0.250. The Morgan fingerprint density at radius 3 is 2.51 bits per heavy atom. The Morgan fingerprint density at radius 1 is 1.15 bits per heavy atom. The van der Waals surface area contributed by atoms with Crippen LogP contribution in [0.15, 0.2) is 54.2 Å². The minimum Gasteiger partial charge on any atom is -0.398 e. The van der Waals surface area contributed by atoms with E-state index in [1.807, 2.05) is 11.8 Å². The molecular formula is C28H27F2N7O2. The summed E-state index contributed by atoms with van der Waals surface area (Å²) in [5, 5.41) is 0.261. The molecule has 1 amide bonds. The summed E-state index contributed by atoms with van der Waals surface area (Å²) in [5.41, 5.74) is 6.38. The van der Waals surface area contributed by atoms with Crippen LogP contribution in [0.5, 0.6) is 0 Å². The van der Waals surface area contributed by atoms with Gasteiger partial charge < -0.3 is 15.5 Å². The van der Waals surface area contributed by atoms with E-state index in [1.165, 1.54) is 35.0 Å². The summed E-state index contributed by atoms with van der Waals surface area (Å²) in [4.78, 5) is 42.2. The maximum atomic E-state index is 16.6. The van der Waals surface area contributed by atoms with Crippen molar-refractivity contribution < 1.29 is 13.6 Å². The molecule has 1 aliphatic rings. The number of amides is 1. The summed E-state index contributed by atoms with van der Waals surface area (Å²) in [6, 6.07) is 3.80. The number of rotatable bonds is 4. The molecule has 4 aromatic rings. The van der Waals surface area contributed by atoms with Crippen molar-refractivity contribution in [1.82, 2.24) is 24.4 Å². The molecule has 0 aliphatic carbocycles. The van der Waals surface area contributed by atoms with Gasteiger partial charge in [0, 0.05) is 50.0 Å². The highest BCUT2D eigenvalue weighted by molar-refractivity contribution is 5.94. The molecule has 3 aromatic heterocycles. The van der Waals surface area contributed by atoms with Crippen molar-refractivity contribution in [3.8, 4) is 16.9 Å². The summed E-state index contributed by atoms with van der Waals surface area (Å²) in [6.45, 7) is 10.0. The molecule has 1 fully saturated rings. The molecule has 39 heavy (non-hydrogen) atoms. The largest absolute Gasteiger partial charge is 0.398 e. The zero-order chi connectivity index (χ0) is 28.0. The Bertz CT molecular complexity index is 1660. The van der Waals surface area contributed by atoms with Gasteiger partial charge >= 0.3 is 5.69 Å². The lowest BCUT2D eigenvalue weighted by Crippen LogP contribution is -2.54. The number of nitrogen functional groups attached to an aromatic ring is 1. The highest BCUT2D eigenvalue weighted by atomic mass is 19.1. The number of fused-ring (bicyclic) bond motifs is 1. The van der Waals surface area contributed by atoms with Crippen molar-refractivity contribution >= 4 is 28.3 Å². The molecule has 11 heteroatoms. The molecule has 9 nitrogen and oxygen atoms in total. The predicted molar refractivity (Wildman–Crippen MR) is 146 cm³/mol. The maximum Gasteiger partial charge on any atom is 0.354 e. The first-order chi connectivity index (χ1) is 18.6. The third-order valence-electron chi connectivity index (χ3n) is 7.03. The first kappa shape index (κ1) is 26.0. The van der Waals surface area contributed by atoms with E-state index in [2.05, 4.69) is 21.5 Å². The first-order valence-corrected chi connectivity index (χ1v) is 12.4. The maximum absolute atomic E-state index is 16.6. The van der Waals surface area contributed by atoms with Crippen LogP contribution in [-0.4, -0.2) is 56.0 Å². The van der Waals surface area contributed by atoms with Gasteiger partial charge in [0.15, 0.2) is 5.82 Å². The molecule has 0 spiro atoms. The van der Waals surface area contributed by atoms with Crippen LogP contribution in [0.1, 0.15) is 18.1 Å². The zero-order valence-corrected chi connectivity index (χ0v) is 21.8. The van der Waals surface area contributed by atoms with E-state index < -0.39 is 17.3 Å². The number of carbonyl (C=O) groups is 1. The number of aryl methyl sites for hydroxylation is 2. The van der Waals surface area contributed by atoms with Crippen molar-refractivity contribution in [2.75, 3.05) is 30.3 Å². The number of pyridine rings is 2. The second-order valence-electron chi connectivity index (χ2n) is 9.59. The molecule has 200 valence electrons. The highest BCUT2D eigenvalue weighted by Gasteiger charge is 2.31. The van der Waals surface area contributed by atoms with Crippen molar-refractivity contribution in [2.45, 2.75) is 26.8 Å². The van der Waals surface area contributed by atoms with Gasteiger partial charge in [-0.3, -0.25) is 19.3 Å². The van der Waals surface area contributed by atoms with Crippen LogP contribution in [-0.2, 0) is 4.79 Å². The SMILES string of the molecule is C=CC(=O)N1CCN(c2nc(=O)n(-c3c(C)cncc3C)c3c(F)c(-c4c(N)cccc4F)ncc23)[C@@H](C)C1. The second-order valence-corrected chi connectivity index (χ2v) is 9.59. The third kappa shape index (κ3) is 4.29. The number of benzene rings is 1. The molecule has 0 saturated carbocycles. The van der Waals surface area contributed by atoms with Crippen molar-refractivity contribution in [3.63, 3.8) is 0 Å². The van der Waals surface area contributed by atoms with Crippen LogP contribution in [0, 0.1) is 25.5 Å². The smallest absolute Gasteiger partial charge is 0.354 e. The summed E-state index contributed by atoms with van der Waals surface area (Å²) in [7, 11) is 0. The topological polar surface area (TPSA) is 110 Å². The van der Waals surface area contributed by atoms with Crippen LogP contribution in [0.3, 0.4) is 0 Å². The van der Waals surface area contributed by atoms with Crippen molar-refractivity contribution in [3.05, 3.63) is 82.7 Å². The Kier molecular flexibility index (Phi) is 6.59. The Hall–Kier alpha value is -4.67. The number of nitrogens with two attached hydrogens (primary N) is 1. The van der Waals surface area contributed by atoms with Gasteiger partial charge in [0.2, 0.25) is 5.91 Å². The van der Waals surface area contributed by atoms with Gasteiger partial charge in [0.1, 0.15) is 22.8 Å². The molecule has 2 N–H and O–H groups in total. The molecule has 1 aromatic carbocycles. The summed E-state index contributed by atoms with van der Waals surface area (Å²) >= 11 is 0. The predicted octanol–water partition coefficient (Wildman–Crippen LogP) is 3.54. The molecule has 0 radical (unpaired) electrons. The number of nitrogens with zero attached hydrogens (tertiary/aromatic N) is 6. The van der Waals surface area contributed by atoms with Crippen LogP contribution >= 0.6 is 0 Å². The minimum atomic E-state index is -0.909. The Labute approximate surface area is 223 Å². The number of hydrogen-bond donors (Lipinski definition) is 1. The number of aromatic nitrogens is 4. The third-order valence-corrected chi connectivity index (χ3v) is 7.03. The molecule has 1 atom stereocenters. The van der Waals surface area contributed by atoms with E-state index >= 15 is 4.39 Å². The lowest BCUT2D eigenvalue weighted by Gasteiger charge is -2.40. The van der Waals surface area contributed by atoms with Gasteiger partial charge in [-0.15, -0.1) is 0 Å². The van der Waals surface area contributed by atoms with E-state index in [1.54, 1.807) is 31.1 Å². The van der Waals surface area contributed by atoms with E-state index in [0.29, 0.717) is 36.4 Å². The van der Waals surface area contributed by atoms with Gasteiger partial charge in [0.05, 0.1) is 16.6 Å². The number of hydrogen-bond acceptors (Lipinski definition) is 7. The second kappa shape index (κ2) is 9.90. The van der Waals surface area contributed by atoms with Gasteiger partial charge in [-0.05, 0) is 50.1 Å². The summed E-state index contributed by atoms with van der Waals surface area (Å²) < 4.78 is 32.7. The van der Waals surface area contributed by atoms with Crippen LogP contribution in [0.2, 0.25) is 0 Å². The highest BCUT2D eigenvalue weighted by Crippen LogP contribution is 2.36. The molecule has 5 rings (SSSR count). The van der Waals surface area contributed by atoms with E-state index in [9.17, 15) is 14.0 Å². The van der Waals surface area contributed by atoms with Crippen molar-refractivity contribution in [1.29, 1.82) is 0 Å². The van der Waals surface area contributed by atoms with E-state index in [4.69, 9.17) is 5.73 Å². The van der Waals surface area contributed by atoms with Gasteiger partial charge in [-0.2, -0.15) is 4.98 Å². The minimum absolute atomic E-state index is 0.0110. The fourth-order valence-corrected chi connectivity index (χ4v) is 5.20. The standard InChI is InChI=1S/C28H27F2N7O2/c1-5-21(38)35-9-10-36(17(4)14-35)27-18-13-33-24(22-19(29)7-6-8-20(22)31)23(30)26(18)37(28(39)34-27)25-15(2)11-32-12-16(25)3/h5-8,11-13,17H,1,9-10,14,31H2,2-4H3/t17-/m0/s1. The average Bonchev–Trinajstić information content (AvgIpc) is 2.90. The molecule has 0 bridgehead atoms. The quantitative estimate of drug-likeness (QED) is 0.317. The Balaban J connectivity index is 1.82. The molecule has 1 aliphatic heterocycles. The molecule has 4 heterocycles. The summed E-state index contributed by atoms with van der Waals surface area (Å²) in [5.74, 6) is -1.61. The number of anilines is 2. The van der Waals surface area contributed by atoms with Gasteiger partial charge in [-0.1, -0.05) is 12.6 Å². The first-order valence-electron chi connectivity index (χ1n) is 12.4. The van der Waals surface area contributed by atoms with Crippen LogP contribution in [0.25, 0.3) is 27.8 Å². The lowest BCUT2D eigenvalue weighted by molar-refractivity contribution is -0.126. The zero-order valence-electron chi connectivity index (χ0n) is 21.8. The lowest BCUT2D eigenvalue weighted by atomic mass is 10.1. The monoisotopic (exact) mass is 531 g/mol. The van der Waals surface area contributed by atoms with Gasteiger partial charge in [-0.25, -0.2) is 13.6 Å². The fourth-order valence-electron chi connectivity index (χ4n) is 5.20. The normalized spacial score (nSPS) is 15.6. The van der Waals surface area contributed by atoms with Crippen molar-refractivity contribution in [2.24, 2.45) is 0 Å². The molecule has 1 saturated heterocycles. The van der Waals surface area contributed by atoms with E-state index in [-0.39, 0.29) is 45.6 Å². The van der Waals surface area contributed by atoms with Gasteiger partial charge in [0.25, 0.3) is 0 Å². The van der Waals surface area contributed by atoms with E-state index in [0.717, 1.165) is 0 Å².